The highest BCUT2D eigenvalue weighted by Gasteiger charge is 2.08. The zero-order valence-corrected chi connectivity index (χ0v) is 10.6. The lowest BCUT2D eigenvalue weighted by Crippen LogP contribution is -2.00. The molecule has 0 unspecified atom stereocenters. The lowest BCUT2D eigenvalue weighted by Gasteiger charge is -2.10. The number of benzene rings is 1. The van der Waals surface area contributed by atoms with E-state index < -0.39 is 0 Å². The van der Waals surface area contributed by atoms with Crippen LogP contribution in [-0.4, -0.2) is 0 Å². The Morgan fingerprint density at radius 3 is 2.18 bits per heavy atom. The molecule has 0 fully saturated rings. The van der Waals surface area contributed by atoms with Gasteiger partial charge in [0, 0.05) is 11.3 Å². The Morgan fingerprint density at radius 2 is 1.76 bits per heavy atom. The Hall–Kier alpha value is -1.83. The molecule has 0 saturated carbocycles. The molecule has 0 bridgehead atoms. The van der Waals surface area contributed by atoms with Crippen molar-refractivity contribution in [3.05, 3.63) is 59.6 Å². The minimum absolute atomic E-state index is 0.261. The molecule has 0 heterocycles. The van der Waals surface area contributed by atoms with Gasteiger partial charge in [0.15, 0.2) is 0 Å². The van der Waals surface area contributed by atoms with Crippen molar-refractivity contribution in [1.82, 2.24) is 0 Å². The second kappa shape index (κ2) is 5.00. The van der Waals surface area contributed by atoms with E-state index in [-0.39, 0.29) is 5.82 Å². The van der Waals surface area contributed by atoms with E-state index in [2.05, 4.69) is 13.2 Å². The van der Waals surface area contributed by atoms with Gasteiger partial charge in [0.25, 0.3) is 0 Å². The largest absolute Gasteiger partial charge is 0.399 e. The molecule has 1 aromatic rings. The zero-order chi connectivity index (χ0) is 13.2. The number of halogens is 1. The average Bonchev–Trinajstić information content (AvgIpc) is 2.26. The molecular formula is C15H18FN. The van der Waals surface area contributed by atoms with E-state index in [1.54, 1.807) is 6.07 Å². The Labute approximate surface area is 102 Å². The Kier molecular flexibility index (Phi) is 3.89. The summed E-state index contributed by atoms with van der Waals surface area (Å²) in [5.74, 6) is -0.261. The highest BCUT2D eigenvalue weighted by atomic mass is 19.1. The third kappa shape index (κ3) is 2.84. The van der Waals surface area contributed by atoms with Crippen LogP contribution in [0.2, 0.25) is 0 Å². The van der Waals surface area contributed by atoms with E-state index >= 15 is 0 Å². The summed E-state index contributed by atoms with van der Waals surface area (Å²) in [7, 11) is 0. The smallest absolute Gasteiger partial charge is 0.131 e. The number of nitrogens with two attached hydrogens (primary N) is 1. The second-order valence-corrected chi connectivity index (χ2v) is 4.25. The van der Waals surface area contributed by atoms with Crippen molar-refractivity contribution >= 4 is 11.1 Å². The van der Waals surface area contributed by atoms with Crippen LogP contribution in [0.5, 0.6) is 0 Å². The van der Waals surface area contributed by atoms with Gasteiger partial charge in [0.2, 0.25) is 0 Å². The molecule has 1 aromatic carbocycles. The van der Waals surface area contributed by atoms with Gasteiger partial charge < -0.3 is 5.73 Å². The van der Waals surface area contributed by atoms with Gasteiger partial charge in [0.05, 0.1) is 0 Å². The van der Waals surface area contributed by atoms with Crippen molar-refractivity contribution < 1.29 is 4.39 Å². The maximum atomic E-state index is 13.9. The number of hydrogen-bond donors (Lipinski definition) is 1. The molecule has 2 heteroatoms. The molecule has 0 spiro atoms. The number of rotatable bonds is 3. The first-order chi connectivity index (χ1) is 7.84. The molecule has 0 radical (unpaired) electrons. The molecule has 2 N–H and O–H groups in total. The third-order valence-electron chi connectivity index (χ3n) is 2.91. The summed E-state index contributed by atoms with van der Waals surface area (Å²) in [4.78, 5) is 0. The molecule has 1 rings (SSSR count). The lowest BCUT2D eigenvalue weighted by atomic mass is 9.98. The Balaban J connectivity index is 3.31. The quantitative estimate of drug-likeness (QED) is 0.778. The van der Waals surface area contributed by atoms with Crippen molar-refractivity contribution in [2.75, 3.05) is 0 Å². The molecule has 0 aliphatic carbocycles. The zero-order valence-electron chi connectivity index (χ0n) is 10.6. The van der Waals surface area contributed by atoms with Gasteiger partial charge in [-0.1, -0.05) is 30.9 Å². The minimum Gasteiger partial charge on any atom is -0.399 e. The van der Waals surface area contributed by atoms with Gasteiger partial charge >= 0.3 is 0 Å². The van der Waals surface area contributed by atoms with Crippen LogP contribution in [-0.2, 0) is 0 Å². The first-order valence-corrected chi connectivity index (χ1v) is 5.42. The number of hydrogen-bond acceptors (Lipinski definition) is 1. The summed E-state index contributed by atoms with van der Waals surface area (Å²) in [5.41, 5.74) is 9.91. The van der Waals surface area contributed by atoms with Gasteiger partial charge in [-0.3, -0.25) is 0 Å². The summed E-state index contributed by atoms with van der Waals surface area (Å²) < 4.78 is 13.9. The summed E-state index contributed by atoms with van der Waals surface area (Å²) >= 11 is 0. The monoisotopic (exact) mass is 231 g/mol. The molecule has 0 aliphatic heterocycles. The van der Waals surface area contributed by atoms with Crippen LogP contribution in [0, 0.1) is 5.82 Å². The van der Waals surface area contributed by atoms with Crippen LogP contribution in [0.1, 0.15) is 31.9 Å². The Morgan fingerprint density at radius 1 is 1.18 bits per heavy atom. The lowest BCUT2D eigenvalue weighted by molar-refractivity contribution is 0.623. The predicted octanol–water partition coefficient (Wildman–Crippen LogP) is 4.12. The molecule has 90 valence electrons. The second-order valence-electron chi connectivity index (χ2n) is 4.25. The van der Waals surface area contributed by atoms with Crippen LogP contribution in [0.25, 0.3) is 11.1 Å². The first-order valence-electron chi connectivity index (χ1n) is 5.42. The molecule has 0 aliphatic rings. The van der Waals surface area contributed by atoms with Crippen LogP contribution in [0.15, 0.2) is 42.6 Å². The maximum absolute atomic E-state index is 13.9. The maximum Gasteiger partial charge on any atom is 0.131 e. The molecule has 0 saturated heterocycles. The van der Waals surface area contributed by atoms with Gasteiger partial charge in [0.1, 0.15) is 5.82 Å². The molecule has 0 atom stereocenters. The van der Waals surface area contributed by atoms with Crippen molar-refractivity contribution in [3.8, 4) is 0 Å². The molecule has 1 nitrogen and oxygen atoms in total. The van der Waals surface area contributed by atoms with Crippen molar-refractivity contribution in [2.24, 2.45) is 5.73 Å². The summed E-state index contributed by atoms with van der Waals surface area (Å²) in [6.45, 7) is 13.0. The molecule has 0 amide bonds. The average molecular weight is 231 g/mol. The summed E-state index contributed by atoms with van der Waals surface area (Å²) in [5, 5.41) is 0. The molecule has 17 heavy (non-hydrogen) atoms. The van der Waals surface area contributed by atoms with Gasteiger partial charge in [-0.15, -0.1) is 0 Å². The van der Waals surface area contributed by atoms with Crippen LogP contribution in [0.3, 0.4) is 0 Å². The van der Waals surface area contributed by atoms with E-state index in [0.717, 1.165) is 22.3 Å². The fourth-order valence-electron chi connectivity index (χ4n) is 1.53. The normalized spacial score (nSPS) is 12.0. The van der Waals surface area contributed by atoms with Crippen molar-refractivity contribution in [1.29, 1.82) is 0 Å². The summed E-state index contributed by atoms with van der Waals surface area (Å²) in [6, 6.07) is 5.10. The highest BCUT2D eigenvalue weighted by molar-refractivity contribution is 5.72. The first kappa shape index (κ1) is 13.2. The molecule has 0 aromatic heterocycles. The van der Waals surface area contributed by atoms with Crippen molar-refractivity contribution in [2.45, 2.75) is 20.8 Å². The standard InChI is InChI=1S/C15H18FN/c1-9(2)13-6-7-14(15(16)8-13)11(4)10(3)12(5)17/h6-8H,1,5,17H2,2-4H3/b11-10-. The fraction of sp³-hybridized carbons (Fsp3) is 0.200. The van der Waals surface area contributed by atoms with Crippen LogP contribution >= 0.6 is 0 Å². The van der Waals surface area contributed by atoms with E-state index in [9.17, 15) is 4.39 Å². The van der Waals surface area contributed by atoms with E-state index in [1.807, 2.05) is 26.8 Å². The van der Waals surface area contributed by atoms with E-state index in [0.29, 0.717) is 11.3 Å². The van der Waals surface area contributed by atoms with Gasteiger partial charge in [-0.05, 0) is 43.5 Å². The molecular weight excluding hydrogens is 213 g/mol. The fourth-order valence-corrected chi connectivity index (χ4v) is 1.53. The van der Waals surface area contributed by atoms with Gasteiger partial charge in [-0.2, -0.15) is 0 Å². The Bertz CT molecular complexity index is 510. The number of allylic oxidation sites excluding steroid dienone is 3. The topological polar surface area (TPSA) is 26.0 Å². The predicted molar refractivity (Wildman–Crippen MR) is 72.7 cm³/mol. The SMILES string of the molecule is C=C(N)/C(C)=C(/C)c1ccc(C(=C)C)cc1F. The van der Waals surface area contributed by atoms with Crippen molar-refractivity contribution in [3.63, 3.8) is 0 Å². The van der Waals surface area contributed by atoms with Crippen LogP contribution in [0.4, 0.5) is 4.39 Å². The minimum atomic E-state index is -0.261. The van der Waals surface area contributed by atoms with E-state index in [1.165, 1.54) is 6.07 Å². The van der Waals surface area contributed by atoms with Crippen LogP contribution < -0.4 is 5.73 Å². The van der Waals surface area contributed by atoms with E-state index in [4.69, 9.17) is 5.73 Å². The van der Waals surface area contributed by atoms with Gasteiger partial charge in [-0.25, -0.2) is 4.39 Å². The highest BCUT2D eigenvalue weighted by Crippen LogP contribution is 2.25. The third-order valence-corrected chi connectivity index (χ3v) is 2.91. The summed E-state index contributed by atoms with van der Waals surface area (Å²) in [6.07, 6.45) is 0.